The lowest BCUT2D eigenvalue weighted by Gasteiger charge is -2.44. The molecule has 4 aromatic rings. The van der Waals surface area contributed by atoms with Crippen molar-refractivity contribution in [3.63, 3.8) is 0 Å². The maximum atomic E-state index is 10.9. The van der Waals surface area contributed by atoms with Gasteiger partial charge in [-0.1, -0.05) is 54.6 Å². The molecule has 1 aromatic heterocycles. The topological polar surface area (TPSA) is 69.2 Å². The van der Waals surface area contributed by atoms with Crippen molar-refractivity contribution in [1.29, 1.82) is 0 Å². The van der Waals surface area contributed by atoms with Crippen LogP contribution < -0.4 is 4.90 Å². The van der Waals surface area contributed by atoms with Crippen molar-refractivity contribution in [2.45, 2.75) is 44.2 Å². The highest BCUT2D eigenvalue weighted by molar-refractivity contribution is 5.85. The number of hydrogen-bond donors (Lipinski definition) is 2. The molecule has 2 N–H and O–H groups in total. The molecule has 5 nitrogen and oxygen atoms in total. The van der Waals surface area contributed by atoms with Gasteiger partial charge in [0.25, 0.3) is 0 Å². The Hall–Kier alpha value is -4.12. The molecule has 5 heteroatoms. The van der Waals surface area contributed by atoms with Gasteiger partial charge in [-0.15, -0.1) is 0 Å². The van der Waals surface area contributed by atoms with Gasteiger partial charge in [0.1, 0.15) is 0 Å². The summed E-state index contributed by atoms with van der Waals surface area (Å²) in [4.78, 5) is 13.5. The number of carbonyl (C=O) groups is 1. The molecule has 1 saturated carbocycles. The lowest BCUT2D eigenvalue weighted by molar-refractivity contribution is -0.131. The molecular weight excluding hydrogens is 446 g/mol. The van der Waals surface area contributed by atoms with Gasteiger partial charge in [-0.05, 0) is 83.7 Å². The molecule has 2 aliphatic rings. The number of hydrogen-bond acceptors (Lipinski definition) is 3. The van der Waals surface area contributed by atoms with Crippen LogP contribution in [0.1, 0.15) is 59.5 Å². The van der Waals surface area contributed by atoms with Gasteiger partial charge in [0.15, 0.2) is 0 Å². The van der Waals surface area contributed by atoms with Gasteiger partial charge < -0.3 is 10.0 Å². The summed E-state index contributed by atoms with van der Waals surface area (Å²) in [6, 6.07) is 24.5. The van der Waals surface area contributed by atoms with Crippen molar-refractivity contribution in [1.82, 2.24) is 10.2 Å². The standard InChI is InChI=1S/C31H29N3O2/c1-20-16-26-17-25(27-18-32-33-19-27)11-14-29(26)31(24-5-2-21(3-6-24)4-15-30(35)36)34(20)28-12-9-23(10-13-28)22-7-8-22/h2-6,9-15,17-20,22,31H,7-8,16H2,1H3,(H,32,33)(H,35,36)/b15-4+/t20-,31-/m0/s1. The Balaban J connectivity index is 1.42. The highest BCUT2D eigenvalue weighted by atomic mass is 16.4. The summed E-state index contributed by atoms with van der Waals surface area (Å²) >= 11 is 0. The molecule has 0 saturated heterocycles. The molecule has 2 atom stereocenters. The van der Waals surface area contributed by atoms with Crippen LogP contribution >= 0.6 is 0 Å². The van der Waals surface area contributed by atoms with Crippen molar-refractivity contribution < 1.29 is 9.90 Å². The smallest absolute Gasteiger partial charge is 0.328 e. The fraction of sp³-hybridized carbons (Fsp3) is 0.226. The third kappa shape index (κ3) is 4.33. The number of nitrogens with one attached hydrogen (secondary N) is 1. The van der Waals surface area contributed by atoms with Gasteiger partial charge in [-0.25, -0.2) is 4.79 Å². The van der Waals surface area contributed by atoms with E-state index in [1.54, 1.807) is 6.08 Å². The average Bonchev–Trinajstić information content (AvgIpc) is 3.60. The molecule has 1 aliphatic carbocycles. The first-order valence-electron chi connectivity index (χ1n) is 12.6. The van der Waals surface area contributed by atoms with Crippen molar-refractivity contribution in [3.05, 3.63) is 113 Å². The second-order valence-electron chi connectivity index (χ2n) is 9.97. The first kappa shape index (κ1) is 22.4. The minimum absolute atomic E-state index is 0.0615. The Morgan fingerprint density at radius 1 is 1.00 bits per heavy atom. The Morgan fingerprint density at radius 3 is 2.42 bits per heavy atom. The van der Waals surface area contributed by atoms with Crippen molar-refractivity contribution >= 4 is 17.7 Å². The molecule has 0 radical (unpaired) electrons. The van der Waals surface area contributed by atoms with Crippen LogP contribution in [-0.4, -0.2) is 27.3 Å². The zero-order chi connectivity index (χ0) is 24.6. The van der Waals surface area contributed by atoms with E-state index in [1.165, 1.54) is 52.4 Å². The van der Waals surface area contributed by atoms with Gasteiger partial charge in [0.2, 0.25) is 0 Å². The molecule has 0 spiro atoms. The van der Waals surface area contributed by atoms with Crippen molar-refractivity contribution in [2.24, 2.45) is 0 Å². The molecule has 180 valence electrons. The molecule has 0 bridgehead atoms. The van der Waals surface area contributed by atoms with E-state index in [1.807, 2.05) is 24.5 Å². The third-order valence-corrected chi connectivity index (χ3v) is 7.45. The Morgan fingerprint density at radius 2 is 1.75 bits per heavy atom. The van der Waals surface area contributed by atoms with Gasteiger partial charge in [-0.3, -0.25) is 5.10 Å². The Kier molecular flexibility index (Phi) is 5.68. The van der Waals surface area contributed by atoms with E-state index >= 15 is 0 Å². The fourth-order valence-corrected chi connectivity index (χ4v) is 5.49. The lowest BCUT2D eigenvalue weighted by atomic mass is 9.83. The Bertz CT molecular complexity index is 1400. The molecule has 0 amide bonds. The first-order valence-corrected chi connectivity index (χ1v) is 12.6. The number of rotatable bonds is 6. The van der Waals surface area contributed by atoms with Crippen LogP contribution in [0.5, 0.6) is 0 Å². The van der Waals surface area contributed by atoms with Crippen LogP contribution in [0, 0.1) is 0 Å². The summed E-state index contributed by atoms with van der Waals surface area (Å²) in [5.74, 6) is -0.203. The van der Waals surface area contributed by atoms with Crippen molar-refractivity contribution in [3.8, 4) is 11.1 Å². The quantitative estimate of drug-likeness (QED) is 0.309. The van der Waals surface area contributed by atoms with Crippen LogP contribution in [0.3, 0.4) is 0 Å². The predicted molar refractivity (Wildman–Crippen MR) is 143 cm³/mol. The normalized spacial score (nSPS) is 19.4. The summed E-state index contributed by atoms with van der Waals surface area (Å²) in [5.41, 5.74) is 9.67. The van der Waals surface area contributed by atoms with Crippen LogP contribution in [0.4, 0.5) is 5.69 Å². The summed E-state index contributed by atoms with van der Waals surface area (Å²) < 4.78 is 0. The first-order chi connectivity index (χ1) is 17.6. The monoisotopic (exact) mass is 475 g/mol. The zero-order valence-electron chi connectivity index (χ0n) is 20.3. The van der Waals surface area contributed by atoms with E-state index in [0.717, 1.165) is 23.5 Å². The van der Waals surface area contributed by atoms with E-state index in [2.05, 4.69) is 76.6 Å². The minimum atomic E-state index is -0.941. The number of aromatic nitrogens is 2. The molecule has 1 aliphatic heterocycles. The Labute approximate surface area is 211 Å². The number of aromatic amines is 1. The summed E-state index contributed by atoms with van der Waals surface area (Å²) in [6.07, 6.45) is 10.2. The molecule has 2 heterocycles. The molecule has 36 heavy (non-hydrogen) atoms. The molecule has 0 unspecified atom stereocenters. The number of anilines is 1. The second-order valence-corrected chi connectivity index (χ2v) is 9.97. The van der Waals surface area contributed by atoms with E-state index < -0.39 is 5.97 Å². The van der Waals surface area contributed by atoms with Crippen LogP contribution in [0.15, 0.2) is 85.2 Å². The highest BCUT2D eigenvalue weighted by Crippen LogP contribution is 2.44. The van der Waals surface area contributed by atoms with Crippen LogP contribution in [0.25, 0.3) is 17.2 Å². The van der Waals surface area contributed by atoms with Gasteiger partial charge in [0, 0.05) is 29.6 Å². The van der Waals surface area contributed by atoms with Gasteiger partial charge in [-0.2, -0.15) is 5.10 Å². The third-order valence-electron chi connectivity index (χ3n) is 7.45. The number of carboxylic acid groups (broad SMARTS) is 1. The second kappa shape index (κ2) is 9.15. The number of benzene rings is 3. The summed E-state index contributed by atoms with van der Waals surface area (Å²) in [6.45, 7) is 2.30. The van der Waals surface area contributed by atoms with E-state index in [9.17, 15) is 4.79 Å². The zero-order valence-corrected chi connectivity index (χ0v) is 20.3. The summed E-state index contributed by atoms with van der Waals surface area (Å²) in [7, 11) is 0. The van der Waals surface area contributed by atoms with E-state index in [-0.39, 0.29) is 6.04 Å². The van der Waals surface area contributed by atoms with Gasteiger partial charge >= 0.3 is 5.97 Å². The van der Waals surface area contributed by atoms with Crippen LogP contribution in [-0.2, 0) is 11.2 Å². The largest absolute Gasteiger partial charge is 0.478 e. The predicted octanol–water partition coefficient (Wildman–Crippen LogP) is 6.59. The number of carboxylic acids is 1. The van der Waals surface area contributed by atoms with E-state index in [4.69, 9.17) is 5.11 Å². The summed E-state index contributed by atoms with van der Waals surface area (Å²) in [5, 5.41) is 16.0. The fourth-order valence-electron chi connectivity index (χ4n) is 5.49. The number of nitrogens with zero attached hydrogens (tertiary/aromatic N) is 2. The van der Waals surface area contributed by atoms with Crippen LogP contribution in [0.2, 0.25) is 0 Å². The molecular formula is C31H29N3O2. The maximum Gasteiger partial charge on any atom is 0.328 e. The van der Waals surface area contributed by atoms with Gasteiger partial charge in [0.05, 0.1) is 12.2 Å². The van der Waals surface area contributed by atoms with Crippen molar-refractivity contribution in [2.75, 3.05) is 4.90 Å². The number of H-pyrrole nitrogens is 1. The highest BCUT2D eigenvalue weighted by Gasteiger charge is 2.34. The average molecular weight is 476 g/mol. The SMILES string of the molecule is C[C@H]1Cc2cc(-c3cn[nH]c3)ccc2[C@H](c2ccc(/C=C/C(=O)O)cc2)N1c1ccc(C2CC2)cc1. The van der Waals surface area contributed by atoms with E-state index in [0.29, 0.717) is 6.04 Å². The molecule has 3 aromatic carbocycles. The maximum absolute atomic E-state index is 10.9. The molecule has 1 fully saturated rings. The molecule has 6 rings (SSSR count). The number of fused-ring (bicyclic) bond motifs is 1. The minimum Gasteiger partial charge on any atom is -0.478 e. The lowest BCUT2D eigenvalue weighted by Crippen LogP contribution is -2.42. The number of aliphatic carboxylic acids is 1.